The molecule has 170 valence electrons. The molecule has 2 amide bonds. The van der Waals surface area contributed by atoms with E-state index in [1.54, 1.807) is 35.4 Å². The van der Waals surface area contributed by atoms with Crippen molar-refractivity contribution in [2.45, 2.75) is 31.3 Å². The Kier molecular flexibility index (Phi) is 5.15. The van der Waals surface area contributed by atoms with E-state index in [9.17, 15) is 10.1 Å². The average Bonchev–Trinajstić information content (AvgIpc) is 3.37. The van der Waals surface area contributed by atoms with E-state index in [2.05, 4.69) is 22.4 Å². The van der Waals surface area contributed by atoms with Gasteiger partial charge in [0.25, 0.3) is 0 Å². The van der Waals surface area contributed by atoms with Crippen molar-refractivity contribution in [3.63, 3.8) is 0 Å². The first-order valence-corrected chi connectivity index (χ1v) is 11.2. The number of hydrogen-bond donors (Lipinski definition) is 2. The molecule has 1 aromatic carbocycles. The Bertz CT molecular complexity index is 1390. The Morgan fingerprint density at radius 2 is 2.06 bits per heavy atom. The van der Waals surface area contributed by atoms with Crippen LogP contribution in [0.4, 0.5) is 10.6 Å². The molecule has 0 radical (unpaired) electrons. The number of nitrogens with one attached hydrogen (secondary N) is 1. The van der Waals surface area contributed by atoms with Crippen LogP contribution >= 0.6 is 11.6 Å². The SMILES string of the molecule is C[C@@H](NC(=O)N1CC2(CCn3nc(-c4cnc(N)c(C#N)c4)cc32)C1)c1ccc(C#N)cc1Cl. The maximum Gasteiger partial charge on any atom is 0.317 e. The molecular formula is C24H21ClN8O. The number of urea groups is 1. The number of nitrogen functional groups attached to an aromatic ring is 1. The molecule has 4 heterocycles. The lowest BCUT2D eigenvalue weighted by Gasteiger charge is -2.47. The minimum atomic E-state index is -0.294. The molecule has 34 heavy (non-hydrogen) atoms. The number of amides is 2. The zero-order chi connectivity index (χ0) is 24.0. The molecule has 2 aliphatic rings. The van der Waals surface area contributed by atoms with Gasteiger partial charge >= 0.3 is 6.03 Å². The Labute approximate surface area is 201 Å². The van der Waals surface area contributed by atoms with Crippen LogP contribution in [-0.2, 0) is 12.0 Å². The number of likely N-dealkylation sites (tertiary alicyclic amines) is 1. The summed E-state index contributed by atoms with van der Waals surface area (Å²) in [7, 11) is 0. The van der Waals surface area contributed by atoms with Crippen LogP contribution < -0.4 is 11.1 Å². The second-order valence-corrected chi connectivity index (χ2v) is 9.22. The minimum Gasteiger partial charge on any atom is -0.383 e. The normalized spacial score (nSPS) is 16.3. The molecule has 3 N–H and O–H groups in total. The molecule has 0 aliphatic carbocycles. The van der Waals surface area contributed by atoms with E-state index in [0.717, 1.165) is 35.5 Å². The van der Waals surface area contributed by atoms with E-state index in [-0.39, 0.29) is 23.3 Å². The van der Waals surface area contributed by atoms with Crippen molar-refractivity contribution in [2.24, 2.45) is 0 Å². The van der Waals surface area contributed by atoms with Crippen LogP contribution in [0.5, 0.6) is 0 Å². The number of nitrogens with zero attached hydrogens (tertiary/aromatic N) is 6. The topological polar surface area (TPSA) is 137 Å². The smallest absolute Gasteiger partial charge is 0.317 e. The van der Waals surface area contributed by atoms with Gasteiger partial charge in [0, 0.05) is 47.5 Å². The first kappa shape index (κ1) is 21.7. The van der Waals surface area contributed by atoms with Gasteiger partial charge in [-0.1, -0.05) is 17.7 Å². The van der Waals surface area contributed by atoms with Gasteiger partial charge in [0.05, 0.1) is 28.9 Å². The van der Waals surface area contributed by atoms with E-state index >= 15 is 0 Å². The molecular weight excluding hydrogens is 452 g/mol. The van der Waals surface area contributed by atoms with Crippen molar-refractivity contribution < 1.29 is 4.79 Å². The lowest BCUT2D eigenvalue weighted by molar-refractivity contribution is 0.0906. The fourth-order valence-electron chi connectivity index (χ4n) is 4.76. The minimum absolute atomic E-state index is 0.128. The van der Waals surface area contributed by atoms with Gasteiger partial charge in [-0.15, -0.1) is 0 Å². The molecule has 5 rings (SSSR count). The fraction of sp³-hybridized carbons (Fsp3) is 0.292. The van der Waals surface area contributed by atoms with Crippen LogP contribution in [0.25, 0.3) is 11.3 Å². The quantitative estimate of drug-likeness (QED) is 0.599. The van der Waals surface area contributed by atoms with E-state index in [1.807, 2.05) is 17.7 Å². The maximum absolute atomic E-state index is 12.9. The summed E-state index contributed by atoms with van der Waals surface area (Å²) in [4.78, 5) is 18.8. The van der Waals surface area contributed by atoms with Crippen LogP contribution in [0.3, 0.4) is 0 Å². The second kappa shape index (κ2) is 8.05. The van der Waals surface area contributed by atoms with Crippen LogP contribution in [0.1, 0.15) is 41.8 Å². The predicted molar refractivity (Wildman–Crippen MR) is 126 cm³/mol. The van der Waals surface area contributed by atoms with Crippen molar-refractivity contribution in [1.29, 1.82) is 10.5 Å². The van der Waals surface area contributed by atoms with Crippen molar-refractivity contribution in [2.75, 3.05) is 18.8 Å². The summed E-state index contributed by atoms with van der Waals surface area (Å²) < 4.78 is 1.98. The zero-order valence-corrected chi connectivity index (χ0v) is 19.2. The molecule has 2 aliphatic heterocycles. The molecule has 1 fully saturated rings. The number of nitriles is 2. The number of anilines is 1. The third-order valence-corrected chi connectivity index (χ3v) is 7.00. The standard InChI is InChI=1S/C24H21ClN8O/c1-14(18-3-2-15(9-26)6-19(18)25)30-23(34)32-12-24(13-32)4-5-33-21(24)8-20(31-33)17-7-16(10-27)22(28)29-11-17/h2-3,6-8,11,14H,4-5,12-13H2,1H3,(H2,28,29)(H,30,34)/t14-/m1/s1. The summed E-state index contributed by atoms with van der Waals surface area (Å²) in [5, 5.41) is 26.4. The first-order valence-electron chi connectivity index (χ1n) is 10.8. The number of benzene rings is 1. The maximum atomic E-state index is 12.9. The number of aryl methyl sites for hydroxylation is 1. The van der Waals surface area contributed by atoms with Crippen LogP contribution in [0.15, 0.2) is 36.5 Å². The number of pyridine rings is 1. The van der Waals surface area contributed by atoms with Crippen molar-refractivity contribution in [3.8, 4) is 23.4 Å². The number of nitrogens with two attached hydrogens (primary N) is 1. The van der Waals surface area contributed by atoms with Gasteiger partial charge in [0.1, 0.15) is 11.9 Å². The summed E-state index contributed by atoms with van der Waals surface area (Å²) >= 11 is 6.29. The lowest BCUT2D eigenvalue weighted by Crippen LogP contribution is -2.62. The van der Waals surface area contributed by atoms with E-state index < -0.39 is 0 Å². The lowest BCUT2D eigenvalue weighted by atomic mass is 9.76. The number of halogens is 1. The highest BCUT2D eigenvalue weighted by atomic mass is 35.5. The largest absolute Gasteiger partial charge is 0.383 e. The van der Waals surface area contributed by atoms with Gasteiger partial charge in [0.15, 0.2) is 0 Å². The van der Waals surface area contributed by atoms with Gasteiger partial charge in [0.2, 0.25) is 0 Å². The Morgan fingerprint density at radius 3 is 2.76 bits per heavy atom. The summed E-state index contributed by atoms with van der Waals surface area (Å²) in [6, 6.07) is 12.4. The predicted octanol–water partition coefficient (Wildman–Crippen LogP) is 3.35. The third-order valence-electron chi connectivity index (χ3n) is 6.67. The highest BCUT2D eigenvalue weighted by Crippen LogP contribution is 2.44. The summed E-state index contributed by atoms with van der Waals surface area (Å²) in [5.74, 6) is 0.201. The van der Waals surface area contributed by atoms with Crippen molar-refractivity contribution in [3.05, 3.63) is 63.9 Å². The molecule has 0 saturated carbocycles. The molecule has 1 atom stereocenters. The highest BCUT2D eigenvalue weighted by Gasteiger charge is 2.51. The Morgan fingerprint density at radius 1 is 1.26 bits per heavy atom. The van der Waals surface area contributed by atoms with Crippen LogP contribution in [-0.4, -0.2) is 38.8 Å². The number of aromatic nitrogens is 3. The van der Waals surface area contributed by atoms with Gasteiger partial charge in [-0.3, -0.25) is 4.68 Å². The summed E-state index contributed by atoms with van der Waals surface area (Å²) in [6.07, 6.45) is 2.54. The fourth-order valence-corrected chi connectivity index (χ4v) is 5.10. The first-order chi connectivity index (χ1) is 16.3. The van der Waals surface area contributed by atoms with Crippen LogP contribution in [0.2, 0.25) is 5.02 Å². The van der Waals surface area contributed by atoms with Crippen LogP contribution in [0, 0.1) is 22.7 Å². The molecule has 0 bridgehead atoms. The monoisotopic (exact) mass is 472 g/mol. The van der Waals surface area contributed by atoms with E-state index in [0.29, 0.717) is 29.2 Å². The molecule has 3 aromatic rings. The molecule has 10 heteroatoms. The molecule has 1 saturated heterocycles. The third kappa shape index (κ3) is 3.51. The number of hydrogen-bond acceptors (Lipinski definition) is 6. The second-order valence-electron chi connectivity index (χ2n) is 8.81. The van der Waals surface area contributed by atoms with E-state index in [1.165, 1.54) is 0 Å². The summed E-state index contributed by atoms with van der Waals surface area (Å²) in [5.41, 5.74) is 9.75. The van der Waals surface area contributed by atoms with Gasteiger partial charge in [-0.2, -0.15) is 15.6 Å². The van der Waals surface area contributed by atoms with Crippen molar-refractivity contribution >= 4 is 23.4 Å². The van der Waals surface area contributed by atoms with E-state index in [4.69, 9.17) is 27.7 Å². The average molecular weight is 473 g/mol. The molecule has 9 nitrogen and oxygen atoms in total. The zero-order valence-electron chi connectivity index (χ0n) is 18.4. The highest BCUT2D eigenvalue weighted by molar-refractivity contribution is 6.31. The number of carbonyl (C=O) groups excluding carboxylic acids is 1. The number of fused-ring (bicyclic) bond motifs is 2. The van der Waals surface area contributed by atoms with Gasteiger partial charge in [-0.25, -0.2) is 9.78 Å². The van der Waals surface area contributed by atoms with Gasteiger partial charge < -0.3 is 16.0 Å². The molecule has 1 spiro atoms. The Hall–Kier alpha value is -4.08. The number of carbonyl (C=O) groups is 1. The summed E-state index contributed by atoms with van der Waals surface area (Å²) in [6.45, 7) is 3.84. The van der Waals surface area contributed by atoms with Crippen molar-refractivity contribution in [1.82, 2.24) is 25.0 Å². The molecule has 2 aromatic heterocycles. The Balaban J connectivity index is 1.28. The number of rotatable bonds is 3. The van der Waals surface area contributed by atoms with Gasteiger partial charge in [-0.05, 0) is 43.2 Å². The molecule has 0 unspecified atom stereocenters.